The topological polar surface area (TPSA) is 35.5 Å². The molecule has 0 amide bonds. The molecule has 0 radical (unpaired) electrons. The first-order valence-electron chi connectivity index (χ1n) is 7.14. The van der Waals surface area contributed by atoms with Crippen molar-refractivity contribution in [3.63, 3.8) is 0 Å². The zero-order chi connectivity index (χ0) is 12.7. The quantitative estimate of drug-likeness (QED) is 0.746. The maximum absolute atomic E-state index is 9.24. The minimum absolute atomic E-state index is 0.257. The summed E-state index contributed by atoms with van der Waals surface area (Å²) in [6.07, 6.45) is 5.03. The number of rotatable bonds is 6. The molecule has 1 atom stereocenters. The Morgan fingerprint density at radius 2 is 2.06 bits per heavy atom. The highest BCUT2D eigenvalue weighted by Crippen LogP contribution is 2.29. The van der Waals surface area contributed by atoms with Crippen LogP contribution in [0.1, 0.15) is 46.5 Å². The van der Waals surface area contributed by atoms with Crippen molar-refractivity contribution in [2.45, 2.75) is 52.5 Å². The molecule has 1 aliphatic heterocycles. The van der Waals surface area contributed by atoms with Crippen molar-refractivity contribution >= 4 is 0 Å². The Balaban J connectivity index is 2.27. The molecule has 0 aromatic carbocycles. The van der Waals surface area contributed by atoms with Crippen LogP contribution < -0.4 is 5.32 Å². The number of hydrogen-bond acceptors (Lipinski definition) is 3. The SMILES string of the molecule is CCNC(CO)CCN1CCCC(C)(C)CC1. The minimum atomic E-state index is 0.257. The van der Waals surface area contributed by atoms with E-state index >= 15 is 0 Å². The predicted molar refractivity (Wildman–Crippen MR) is 73.2 cm³/mol. The Kier molecular flexibility index (Phi) is 6.45. The summed E-state index contributed by atoms with van der Waals surface area (Å²) >= 11 is 0. The van der Waals surface area contributed by atoms with E-state index in [0.29, 0.717) is 5.41 Å². The molecule has 3 heteroatoms. The van der Waals surface area contributed by atoms with Crippen LogP contribution in [-0.4, -0.2) is 48.8 Å². The van der Waals surface area contributed by atoms with Crippen LogP contribution in [0.3, 0.4) is 0 Å². The van der Waals surface area contributed by atoms with Crippen molar-refractivity contribution in [1.82, 2.24) is 10.2 Å². The van der Waals surface area contributed by atoms with Gasteiger partial charge in [-0.1, -0.05) is 20.8 Å². The fourth-order valence-corrected chi connectivity index (χ4v) is 2.59. The number of aliphatic hydroxyl groups is 1. The molecule has 3 nitrogen and oxygen atoms in total. The smallest absolute Gasteiger partial charge is 0.0585 e. The molecule has 1 saturated heterocycles. The number of nitrogens with one attached hydrogen (secondary N) is 1. The van der Waals surface area contributed by atoms with Crippen LogP contribution >= 0.6 is 0 Å². The maximum Gasteiger partial charge on any atom is 0.0585 e. The van der Waals surface area contributed by atoms with Crippen LogP contribution in [0.5, 0.6) is 0 Å². The monoisotopic (exact) mass is 242 g/mol. The molecule has 1 fully saturated rings. The van der Waals surface area contributed by atoms with Gasteiger partial charge in [0.1, 0.15) is 0 Å². The van der Waals surface area contributed by atoms with Gasteiger partial charge in [-0.2, -0.15) is 0 Å². The zero-order valence-electron chi connectivity index (χ0n) is 11.8. The lowest BCUT2D eigenvalue weighted by Crippen LogP contribution is -2.37. The van der Waals surface area contributed by atoms with E-state index in [1.54, 1.807) is 0 Å². The van der Waals surface area contributed by atoms with E-state index in [2.05, 4.69) is 31.0 Å². The maximum atomic E-state index is 9.24. The van der Waals surface area contributed by atoms with Gasteiger partial charge in [-0.3, -0.25) is 0 Å². The summed E-state index contributed by atoms with van der Waals surface area (Å²) in [5.41, 5.74) is 0.521. The molecule has 0 saturated carbocycles. The van der Waals surface area contributed by atoms with Crippen molar-refractivity contribution in [3.8, 4) is 0 Å². The molecule has 0 spiro atoms. The van der Waals surface area contributed by atoms with Crippen LogP contribution in [0, 0.1) is 5.41 Å². The van der Waals surface area contributed by atoms with Gasteiger partial charge in [0, 0.05) is 6.04 Å². The van der Waals surface area contributed by atoms with E-state index in [0.717, 1.165) is 19.5 Å². The number of nitrogens with zero attached hydrogens (tertiary/aromatic N) is 1. The van der Waals surface area contributed by atoms with Gasteiger partial charge in [-0.15, -0.1) is 0 Å². The van der Waals surface area contributed by atoms with Crippen LogP contribution in [0.2, 0.25) is 0 Å². The second-order valence-electron chi connectivity index (χ2n) is 6.09. The van der Waals surface area contributed by atoms with Gasteiger partial charge in [-0.05, 0) is 57.3 Å². The molecule has 0 bridgehead atoms. The molecular formula is C14H30N2O. The summed E-state index contributed by atoms with van der Waals surface area (Å²) in [7, 11) is 0. The molecule has 102 valence electrons. The van der Waals surface area contributed by atoms with Gasteiger partial charge in [0.15, 0.2) is 0 Å². The first-order chi connectivity index (χ1) is 8.07. The van der Waals surface area contributed by atoms with Gasteiger partial charge in [0.25, 0.3) is 0 Å². The summed E-state index contributed by atoms with van der Waals surface area (Å²) in [6, 6.07) is 0.274. The van der Waals surface area contributed by atoms with Gasteiger partial charge < -0.3 is 15.3 Å². The van der Waals surface area contributed by atoms with Gasteiger partial charge in [-0.25, -0.2) is 0 Å². The van der Waals surface area contributed by atoms with E-state index in [1.807, 2.05) is 0 Å². The van der Waals surface area contributed by atoms with Crippen molar-refractivity contribution in [3.05, 3.63) is 0 Å². The number of likely N-dealkylation sites (N-methyl/N-ethyl adjacent to an activating group) is 1. The zero-order valence-corrected chi connectivity index (χ0v) is 11.8. The van der Waals surface area contributed by atoms with Crippen LogP contribution in [0.4, 0.5) is 0 Å². The van der Waals surface area contributed by atoms with Crippen molar-refractivity contribution in [2.24, 2.45) is 5.41 Å². The van der Waals surface area contributed by atoms with Gasteiger partial charge in [0.2, 0.25) is 0 Å². The van der Waals surface area contributed by atoms with E-state index in [-0.39, 0.29) is 12.6 Å². The molecule has 0 aliphatic carbocycles. The van der Waals surface area contributed by atoms with E-state index in [4.69, 9.17) is 0 Å². The summed E-state index contributed by atoms with van der Waals surface area (Å²) in [5.74, 6) is 0. The highest BCUT2D eigenvalue weighted by Gasteiger charge is 2.23. The lowest BCUT2D eigenvalue weighted by atomic mass is 9.85. The molecule has 1 rings (SSSR count). The normalized spacial score (nSPS) is 23.3. The second kappa shape index (κ2) is 7.34. The van der Waals surface area contributed by atoms with Gasteiger partial charge in [0.05, 0.1) is 6.61 Å². The standard InChI is InChI=1S/C14H30N2O/c1-4-15-13(12-17)6-10-16-9-5-7-14(2,3)8-11-16/h13,15,17H,4-12H2,1-3H3. The largest absolute Gasteiger partial charge is 0.395 e. The summed E-state index contributed by atoms with van der Waals surface area (Å²) in [6.45, 7) is 11.6. The Hall–Kier alpha value is -0.120. The second-order valence-corrected chi connectivity index (χ2v) is 6.09. The van der Waals surface area contributed by atoms with Crippen molar-refractivity contribution in [1.29, 1.82) is 0 Å². The molecule has 0 aromatic rings. The first-order valence-corrected chi connectivity index (χ1v) is 7.14. The highest BCUT2D eigenvalue weighted by molar-refractivity contribution is 4.77. The molecular weight excluding hydrogens is 212 g/mol. The van der Waals surface area contributed by atoms with Crippen LogP contribution in [-0.2, 0) is 0 Å². The fraction of sp³-hybridized carbons (Fsp3) is 1.00. The Morgan fingerprint density at radius 1 is 1.29 bits per heavy atom. The highest BCUT2D eigenvalue weighted by atomic mass is 16.3. The molecule has 17 heavy (non-hydrogen) atoms. The molecule has 2 N–H and O–H groups in total. The average molecular weight is 242 g/mol. The first kappa shape index (κ1) is 14.9. The minimum Gasteiger partial charge on any atom is -0.395 e. The predicted octanol–water partition coefficient (Wildman–Crippen LogP) is 1.86. The molecule has 1 heterocycles. The molecule has 1 aliphatic rings. The number of aliphatic hydroxyl groups excluding tert-OH is 1. The third-order valence-corrected chi connectivity index (χ3v) is 3.94. The Morgan fingerprint density at radius 3 is 2.71 bits per heavy atom. The summed E-state index contributed by atoms with van der Waals surface area (Å²) < 4.78 is 0. The van der Waals surface area contributed by atoms with Crippen LogP contribution in [0.25, 0.3) is 0 Å². The molecule has 1 unspecified atom stereocenters. The Bertz CT molecular complexity index is 206. The number of likely N-dealkylation sites (tertiary alicyclic amines) is 1. The average Bonchev–Trinajstić information content (AvgIpc) is 2.46. The Labute approximate surface area is 107 Å². The third kappa shape index (κ3) is 5.84. The summed E-state index contributed by atoms with van der Waals surface area (Å²) in [5, 5.41) is 12.6. The van der Waals surface area contributed by atoms with E-state index in [1.165, 1.54) is 32.4 Å². The van der Waals surface area contributed by atoms with E-state index in [9.17, 15) is 5.11 Å². The van der Waals surface area contributed by atoms with Gasteiger partial charge >= 0.3 is 0 Å². The fourth-order valence-electron chi connectivity index (χ4n) is 2.59. The van der Waals surface area contributed by atoms with Crippen molar-refractivity contribution < 1.29 is 5.11 Å². The third-order valence-electron chi connectivity index (χ3n) is 3.94. The van der Waals surface area contributed by atoms with E-state index < -0.39 is 0 Å². The van der Waals surface area contributed by atoms with Crippen LogP contribution in [0.15, 0.2) is 0 Å². The lowest BCUT2D eigenvalue weighted by molar-refractivity contribution is 0.205. The lowest BCUT2D eigenvalue weighted by Gasteiger charge is -2.24. The number of hydrogen-bond donors (Lipinski definition) is 2. The molecule has 0 aromatic heterocycles. The summed E-state index contributed by atoms with van der Waals surface area (Å²) in [4.78, 5) is 2.56. The van der Waals surface area contributed by atoms with Crippen molar-refractivity contribution in [2.75, 3.05) is 32.8 Å².